The molecule has 3 rings (SSSR count). The summed E-state index contributed by atoms with van der Waals surface area (Å²) in [6.45, 7) is 4.06. The first-order chi connectivity index (χ1) is 18.9. The summed E-state index contributed by atoms with van der Waals surface area (Å²) in [5.74, 6) is -1.36. The van der Waals surface area contributed by atoms with Crippen LogP contribution < -0.4 is 16.4 Å². The number of fused-ring (bicyclic) bond motifs is 1. The molecule has 1 saturated heterocycles. The van der Waals surface area contributed by atoms with Crippen molar-refractivity contribution in [2.75, 3.05) is 25.0 Å². The Kier molecular flexibility index (Phi) is 9.80. The summed E-state index contributed by atoms with van der Waals surface area (Å²) in [6.07, 6.45) is -6.95. The highest BCUT2D eigenvalue weighted by Gasteiger charge is 2.35. The fourth-order valence-electron chi connectivity index (χ4n) is 4.25. The van der Waals surface area contributed by atoms with Crippen molar-refractivity contribution in [3.8, 4) is 0 Å². The third-order valence-electron chi connectivity index (χ3n) is 6.14. The molecule has 1 aliphatic rings. The van der Waals surface area contributed by atoms with Crippen LogP contribution in [0.1, 0.15) is 32.9 Å². The standard InChI is InChI=1S/C26H30ClF5N6O3/c1-13(39)38-10-15(35-20-8-21(26(30,31)32)37-19-5-4-14(27)6-17(19)20)7-16(11-38)36-24(40)18(22(33)23(28)29)9-34-12-25(2,3)41/h4-6,8-9,15-16,23,41H,7,10-12,33H2,1-3H3,(H,35,37)(H,36,40)/t15-,16+/m1/s1. The Bertz CT molecular complexity index is 1360. The minimum absolute atomic E-state index is 0.0126. The number of anilines is 1. The molecule has 0 radical (unpaired) electrons. The molecule has 0 bridgehead atoms. The highest BCUT2D eigenvalue weighted by Crippen LogP contribution is 2.35. The Morgan fingerprint density at radius 2 is 1.90 bits per heavy atom. The number of allylic oxidation sites excluding steroid dienone is 1. The number of rotatable bonds is 8. The van der Waals surface area contributed by atoms with E-state index in [-0.39, 0.29) is 48.2 Å². The minimum atomic E-state index is -4.74. The lowest BCUT2D eigenvalue weighted by molar-refractivity contribution is -0.141. The van der Waals surface area contributed by atoms with Gasteiger partial charge in [-0.15, -0.1) is 0 Å². The van der Waals surface area contributed by atoms with Crippen LogP contribution in [0.3, 0.4) is 0 Å². The van der Waals surface area contributed by atoms with E-state index in [1.807, 2.05) is 0 Å². The molecule has 2 heterocycles. The monoisotopic (exact) mass is 604 g/mol. The van der Waals surface area contributed by atoms with Gasteiger partial charge < -0.3 is 26.4 Å². The normalized spacial score (nSPS) is 19.0. The van der Waals surface area contributed by atoms with Gasteiger partial charge in [-0.1, -0.05) is 11.6 Å². The SMILES string of the molecule is CC(=O)N1C[C@@H](NC(=O)C(C=NCC(C)(C)O)=C(N)C(F)F)C[C@@H](Nc2cc(C(F)(F)F)nc3ccc(Cl)cc23)C1. The third-order valence-corrected chi connectivity index (χ3v) is 6.38. The Balaban J connectivity index is 1.91. The largest absolute Gasteiger partial charge is 0.433 e. The number of carbonyl (C=O) groups excluding carboxylic acids is 2. The number of pyridine rings is 1. The molecule has 224 valence electrons. The van der Waals surface area contributed by atoms with Crippen LogP contribution in [0.15, 0.2) is 40.5 Å². The second kappa shape index (κ2) is 12.6. The van der Waals surface area contributed by atoms with Crippen LogP contribution in [0.2, 0.25) is 5.02 Å². The molecule has 0 unspecified atom stereocenters. The summed E-state index contributed by atoms with van der Waals surface area (Å²) in [4.78, 5) is 34.2. The quantitative estimate of drug-likeness (QED) is 0.206. The van der Waals surface area contributed by atoms with Gasteiger partial charge in [0, 0.05) is 54.4 Å². The number of aliphatic imine (C=N–C) groups is 1. The van der Waals surface area contributed by atoms with Crippen molar-refractivity contribution in [3.63, 3.8) is 0 Å². The molecule has 9 nitrogen and oxygen atoms in total. The van der Waals surface area contributed by atoms with Gasteiger partial charge in [0.2, 0.25) is 5.91 Å². The zero-order valence-electron chi connectivity index (χ0n) is 22.4. The molecule has 1 aromatic carbocycles. The molecule has 0 aliphatic carbocycles. The lowest BCUT2D eigenvalue weighted by Gasteiger charge is -2.38. The highest BCUT2D eigenvalue weighted by atomic mass is 35.5. The van der Waals surface area contributed by atoms with Gasteiger partial charge in [0.1, 0.15) is 5.69 Å². The maximum absolute atomic E-state index is 13.6. The molecule has 2 atom stereocenters. The molecular formula is C26H30ClF5N6O3. The van der Waals surface area contributed by atoms with Gasteiger partial charge in [-0.05, 0) is 44.5 Å². The van der Waals surface area contributed by atoms with E-state index in [1.54, 1.807) is 0 Å². The first-order valence-electron chi connectivity index (χ1n) is 12.4. The number of nitrogens with zero attached hydrogens (tertiary/aromatic N) is 3. The van der Waals surface area contributed by atoms with Crippen molar-refractivity contribution < 1.29 is 36.6 Å². The predicted octanol–water partition coefficient (Wildman–Crippen LogP) is 3.74. The number of benzene rings is 1. The molecule has 0 spiro atoms. The first kappa shape index (κ1) is 32.0. The summed E-state index contributed by atoms with van der Waals surface area (Å²) in [7, 11) is 0. The lowest BCUT2D eigenvalue weighted by Crippen LogP contribution is -2.56. The van der Waals surface area contributed by atoms with Gasteiger partial charge in [0.25, 0.3) is 12.3 Å². The van der Waals surface area contributed by atoms with E-state index in [2.05, 4.69) is 20.6 Å². The van der Waals surface area contributed by atoms with E-state index in [0.717, 1.165) is 12.3 Å². The van der Waals surface area contributed by atoms with E-state index in [1.165, 1.54) is 43.9 Å². The molecular weight excluding hydrogens is 575 g/mol. The van der Waals surface area contributed by atoms with E-state index in [0.29, 0.717) is 5.39 Å². The number of halogens is 6. The summed E-state index contributed by atoms with van der Waals surface area (Å²) in [5.41, 5.74) is 1.52. The number of carbonyl (C=O) groups is 2. The zero-order valence-corrected chi connectivity index (χ0v) is 23.2. The number of amides is 2. The number of nitrogens with one attached hydrogen (secondary N) is 2. The average Bonchev–Trinajstić information content (AvgIpc) is 2.84. The van der Waals surface area contributed by atoms with Crippen LogP contribution in [0.4, 0.5) is 27.6 Å². The third kappa shape index (κ3) is 8.73. The number of hydrogen-bond donors (Lipinski definition) is 4. The fourth-order valence-corrected chi connectivity index (χ4v) is 4.43. The van der Waals surface area contributed by atoms with Crippen LogP contribution in [-0.4, -0.2) is 76.8 Å². The number of nitrogens with two attached hydrogens (primary N) is 1. The van der Waals surface area contributed by atoms with Gasteiger partial charge in [0.05, 0.1) is 28.9 Å². The minimum Gasteiger partial charge on any atom is -0.397 e. The predicted molar refractivity (Wildman–Crippen MR) is 145 cm³/mol. The topological polar surface area (TPSA) is 133 Å². The van der Waals surface area contributed by atoms with Crippen LogP contribution in [0, 0.1) is 0 Å². The number of alkyl halides is 5. The van der Waals surface area contributed by atoms with Crippen molar-refractivity contribution in [1.82, 2.24) is 15.2 Å². The van der Waals surface area contributed by atoms with Gasteiger partial charge in [-0.25, -0.2) is 13.8 Å². The smallest absolute Gasteiger partial charge is 0.397 e. The molecule has 15 heteroatoms. The van der Waals surface area contributed by atoms with Crippen molar-refractivity contribution in [3.05, 3.63) is 46.3 Å². The van der Waals surface area contributed by atoms with E-state index in [4.69, 9.17) is 17.3 Å². The molecule has 1 fully saturated rings. The second-order valence-electron chi connectivity index (χ2n) is 10.3. The van der Waals surface area contributed by atoms with Crippen molar-refractivity contribution in [1.29, 1.82) is 0 Å². The second-order valence-corrected chi connectivity index (χ2v) is 10.8. The molecule has 5 N–H and O–H groups in total. The van der Waals surface area contributed by atoms with E-state index < -0.39 is 53.2 Å². The maximum atomic E-state index is 13.6. The van der Waals surface area contributed by atoms with Crippen LogP contribution in [0.25, 0.3) is 10.9 Å². The van der Waals surface area contributed by atoms with E-state index >= 15 is 0 Å². The average molecular weight is 605 g/mol. The Hall–Kier alpha value is -3.52. The van der Waals surface area contributed by atoms with E-state index in [9.17, 15) is 36.6 Å². The molecule has 2 amide bonds. The van der Waals surface area contributed by atoms with Crippen LogP contribution in [-0.2, 0) is 15.8 Å². The maximum Gasteiger partial charge on any atom is 0.433 e. The first-order valence-corrected chi connectivity index (χ1v) is 12.8. The number of piperidine rings is 1. The lowest BCUT2D eigenvalue weighted by atomic mass is 9.99. The summed E-state index contributed by atoms with van der Waals surface area (Å²) >= 11 is 6.08. The number of likely N-dealkylation sites (tertiary alicyclic amines) is 1. The van der Waals surface area contributed by atoms with Gasteiger partial charge >= 0.3 is 6.18 Å². The van der Waals surface area contributed by atoms with Crippen LogP contribution in [0.5, 0.6) is 0 Å². The number of aliphatic hydroxyl groups is 1. The summed E-state index contributed by atoms with van der Waals surface area (Å²) < 4.78 is 67.5. The molecule has 0 saturated carbocycles. The summed E-state index contributed by atoms with van der Waals surface area (Å²) in [5, 5.41) is 16.0. The Labute approximate surface area is 237 Å². The van der Waals surface area contributed by atoms with Gasteiger partial charge in [-0.3, -0.25) is 14.6 Å². The molecule has 41 heavy (non-hydrogen) atoms. The summed E-state index contributed by atoms with van der Waals surface area (Å²) in [6, 6.07) is 3.60. The van der Waals surface area contributed by atoms with Crippen molar-refractivity contribution in [2.45, 2.75) is 57.5 Å². The van der Waals surface area contributed by atoms with Gasteiger partial charge in [-0.2, -0.15) is 13.2 Å². The van der Waals surface area contributed by atoms with Gasteiger partial charge in [0.15, 0.2) is 0 Å². The van der Waals surface area contributed by atoms with Crippen molar-refractivity contribution >= 4 is 46.2 Å². The Morgan fingerprint density at radius 3 is 2.49 bits per heavy atom. The molecule has 1 aliphatic heterocycles. The molecule has 1 aromatic heterocycles. The van der Waals surface area contributed by atoms with Crippen LogP contribution >= 0.6 is 11.6 Å². The zero-order chi connectivity index (χ0) is 30.7. The number of aromatic nitrogens is 1. The Morgan fingerprint density at radius 1 is 1.24 bits per heavy atom. The van der Waals surface area contributed by atoms with Crippen molar-refractivity contribution in [2.24, 2.45) is 10.7 Å². The molecule has 2 aromatic rings. The number of hydrogen-bond acceptors (Lipinski definition) is 7. The fraction of sp³-hybridized carbons (Fsp3) is 0.462. The highest BCUT2D eigenvalue weighted by molar-refractivity contribution is 6.31.